The number of aliphatic imine (C=N–C) groups is 1. The van der Waals surface area contributed by atoms with Crippen molar-refractivity contribution in [3.05, 3.63) is 65.2 Å². The highest BCUT2D eigenvalue weighted by atomic mass is 16.5. The minimum Gasteiger partial charge on any atom is -0.493 e. The van der Waals surface area contributed by atoms with E-state index in [-0.39, 0.29) is 12.2 Å². The van der Waals surface area contributed by atoms with E-state index in [1.54, 1.807) is 39.7 Å². The van der Waals surface area contributed by atoms with Crippen LogP contribution >= 0.6 is 0 Å². The first-order valence-corrected chi connectivity index (χ1v) is 11.4. The van der Waals surface area contributed by atoms with Gasteiger partial charge in [0, 0.05) is 18.2 Å². The van der Waals surface area contributed by atoms with Crippen LogP contribution in [0.25, 0.3) is 12.2 Å². The molecule has 0 saturated heterocycles. The summed E-state index contributed by atoms with van der Waals surface area (Å²) >= 11 is 0. The van der Waals surface area contributed by atoms with E-state index in [1.807, 2.05) is 48.6 Å². The molecule has 37 heavy (non-hydrogen) atoms. The monoisotopic (exact) mass is 505 g/mol. The Hall–Kier alpha value is -4.46. The molecule has 194 valence electrons. The average Bonchev–Trinajstić information content (AvgIpc) is 2.94. The third kappa shape index (κ3) is 6.61. The normalized spacial score (nSPS) is 11.0. The average molecular weight is 506 g/mol. The van der Waals surface area contributed by atoms with Gasteiger partial charge in [0.05, 0.1) is 48.3 Å². The Kier molecular flexibility index (Phi) is 9.55. The molecule has 8 heteroatoms. The van der Waals surface area contributed by atoms with Crippen LogP contribution in [0.5, 0.6) is 34.5 Å². The minimum atomic E-state index is -0.124. The number of benzene rings is 3. The topological polar surface area (TPSA) is 84.8 Å². The van der Waals surface area contributed by atoms with Gasteiger partial charge in [0.15, 0.2) is 28.8 Å². The number of nitrogens with zero attached hydrogens (tertiary/aromatic N) is 1. The fraction of sp³-hybridized carbons (Fsp3) is 0.241. The molecule has 0 aliphatic carbocycles. The van der Waals surface area contributed by atoms with E-state index >= 15 is 0 Å². The molecule has 0 unspecified atom stereocenters. The molecule has 0 bridgehead atoms. The summed E-state index contributed by atoms with van der Waals surface area (Å²) in [4.78, 5) is 17.2. The smallest absolute Gasteiger partial charge is 0.203 e. The molecule has 0 heterocycles. The van der Waals surface area contributed by atoms with E-state index in [0.717, 1.165) is 16.8 Å². The molecule has 0 amide bonds. The maximum absolute atomic E-state index is 12.8. The first kappa shape index (κ1) is 27.1. The number of rotatable bonds is 12. The van der Waals surface area contributed by atoms with Gasteiger partial charge in [0.2, 0.25) is 11.5 Å². The molecule has 0 radical (unpaired) electrons. The van der Waals surface area contributed by atoms with Crippen LogP contribution in [0.1, 0.15) is 27.9 Å². The van der Waals surface area contributed by atoms with Crippen LogP contribution in [0.4, 0.5) is 5.69 Å². The lowest BCUT2D eigenvalue weighted by atomic mass is 10.1. The highest BCUT2D eigenvalue weighted by Crippen LogP contribution is 2.39. The highest BCUT2D eigenvalue weighted by molar-refractivity contribution is 6.04. The molecule has 8 nitrogen and oxygen atoms in total. The van der Waals surface area contributed by atoms with Crippen molar-refractivity contribution in [2.45, 2.75) is 6.42 Å². The van der Waals surface area contributed by atoms with Gasteiger partial charge in [0.25, 0.3) is 0 Å². The van der Waals surface area contributed by atoms with Crippen molar-refractivity contribution in [3.8, 4) is 34.5 Å². The Balaban J connectivity index is 1.74. The molecule has 0 fully saturated rings. The third-order valence-electron chi connectivity index (χ3n) is 5.53. The molecule has 3 rings (SSSR count). The Morgan fingerprint density at radius 1 is 0.676 bits per heavy atom. The van der Waals surface area contributed by atoms with Crippen LogP contribution in [0.2, 0.25) is 0 Å². The lowest BCUT2D eigenvalue weighted by Gasteiger charge is -2.13. The van der Waals surface area contributed by atoms with Crippen molar-refractivity contribution in [3.63, 3.8) is 0 Å². The Bertz CT molecular complexity index is 1250. The summed E-state index contributed by atoms with van der Waals surface area (Å²) < 4.78 is 32.2. The van der Waals surface area contributed by atoms with Gasteiger partial charge < -0.3 is 28.4 Å². The number of Topliss-reactive ketones (excluding diaryl/α,β-unsaturated/α-hetero) is 1. The van der Waals surface area contributed by atoms with Crippen LogP contribution < -0.4 is 28.4 Å². The van der Waals surface area contributed by atoms with Gasteiger partial charge in [0.1, 0.15) is 0 Å². The van der Waals surface area contributed by atoms with Gasteiger partial charge in [-0.2, -0.15) is 0 Å². The summed E-state index contributed by atoms with van der Waals surface area (Å²) in [5.74, 6) is 2.86. The van der Waals surface area contributed by atoms with E-state index in [4.69, 9.17) is 28.4 Å². The zero-order valence-electron chi connectivity index (χ0n) is 21.9. The Morgan fingerprint density at radius 2 is 1.19 bits per heavy atom. The molecule has 3 aromatic carbocycles. The van der Waals surface area contributed by atoms with Crippen LogP contribution in [-0.4, -0.2) is 54.7 Å². The van der Waals surface area contributed by atoms with E-state index in [2.05, 4.69) is 4.99 Å². The SMILES string of the molecule is COc1cc(/C=C\c2cccc(N=CCC(=O)c3cc(OC)c(OC)c(OC)c3)c2)cc(OC)c1OC. The van der Waals surface area contributed by atoms with Crippen molar-refractivity contribution >= 4 is 29.8 Å². The molecule has 0 saturated carbocycles. The third-order valence-corrected chi connectivity index (χ3v) is 5.53. The lowest BCUT2D eigenvalue weighted by molar-refractivity contribution is 0.100. The van der Waals surface area contributed by atoms with Crippen LogP contribution in [0.3, 0.4) is 0 Å². The fourth-order valence-corrected chi connectivity index (χ4v) is 3.69. The summed E-state index contributed by atoms with van der Waals surface area (Å²) in [5, 5.41) is 0. The van der Waals surface area contributed by atoms with Crippen molar-refractivity contribution in [1.29, 1.82) is 0 Å². The minimum absolute atomic E-state index is 0.115. The van der Waals surface area contributed by atoms with Crippen LogP contribution in [-0.2, 0) is 0 Å². The summed E-state index contributed by atoms with van der Waals surface area (Å²) in [6, 6.07) is 14.7. The van der Waals surface area contributed by atoms with Gasteiger partial charge in [-0.25, -0.2) is 0 Å². The first-order chi connectivity index (χ1) is 18.0. The maximum Gasteiger partial charge on any atom is 0.203 e. The molecule has 0 aliphatic heterocycles. The molecule has 0 aromatic heterocycles. The molecule has 3 aromatic rings. The van der Waals surface area contributed by atoms with Crippen molar-refractivity contribution in [2.24, 2.45) is 4.99 Å². The number of methoxy groups -OCH3 is 6. The quantitative estimate of drug-likeness (QED) is 0.173. The zero-order valence-corrected chi connectivity index (χ0v) is 21.9. The standard InChI is InChI=1S/C29H31NO7/c1-32-24-15-20(16-25(33-2)28(24)36-5)11-10-19-8-7-9-22(14-19)30-13-12-23(31)21-17-26(34-3)29(37-6)27(18-21)35-4/h7-11,13-18H,12H2,1-6H3/b11-10-,30-13?. The number of carbonyl (C=O) groups is 1. The number of hydrogen-bond acceptors (Lipinski definition) is 8. The van der Waals surface area contributed by atoms with Gasteiger partial charge in [-0.05, 0) is 47.5 Å². The van der Waals surface area contributed by atoms with Gasteiger partial charge in [-0.1, -0.05) is 24.3 Å². The van der Waals surface area contributed by atoms with Crippen LogP contribution in [0.15, 0.2) is 53.5 Å². The molecular formula is C29H31NO7. The van der Waals surface area contributed by atoms with E-state index in [1.165, 1.54) is 21.3 Å². The molecular weight excluding hydrogens is 474 g/mol. The van der Waals surface area contributed by atoms with Gasteiger partial charge in [-0.3, -0.25) is 9.79 Å². The highest BCUT2D eigenvalue weighted by Gasteiger charge is 2.16. The first-order valence-electron chi connectivity index (χ1n) is 11.4. The molecule has 0 atom stereocenters. The maximum atomic E-state index is 12.8. The molecule has 0 aliphatic rings. The Labute approximate surface area is 217 Å². The second-order valence-electron chi connectivity index (χ2n) is 7.74. The van der Waals surface area contributed by atoms with Crippen molar-refractivity contribution in [1.82, 2.24) is 0 Å². The largest absolute Gasteiger partial charge is 0.493 e. The number of carbonyl (C=O) groups excluding carboxylic acids is 1. The van der Waals surface area contributed by atoms with E-state index in [0.29, 0.717) is 40.1 Å². The second-order valence-corrected chi connectivity index (χ2v) is 7.74. The summed E-state index contributed by atoms with van der Waals surface area (Å²) in [7, 11) is 9.27. The van der Waals surface area contributed by atoms with E-state index < -0.39 is 0 Å². The van der Waals surface area contributed by atoms with Crippen molar-refractivity contribution in [2.75, 3.05) is 42.7 Å². The summed E-state index contributed by atoms with van der Waals surface area (Å²) in [5.41, 5.74) is 3.01. The number of ketones is 1. The zero-order chi connectivity index (χ0) is 26.8. The molecule has 0 spiro atoms. The number of ether oxygens (including phenoxy) is 6. The summed E-state index contributed by atoms with van der Waals surface area (Å²) in [6.07, 6.45) is 5.61. The van der Waals surface area contributed by atoms with Gasteiger partial charge >= 0.3 is 0 Å². The van der Waals surface area contributed by atoms with Crippen LogP contribution in [0, 0.1) is 0 Å². The van der Waals surface area contributed by atoms with Gasteiger partial charge in [-0.15, -0.1) is 0 Å². The predicted octanol–water partition coefficient (Wildman–Crippen LogP) is 5.88. The second kappa shape index (κ2) is 13.0. The lowest BCUT2D eigenvalue weighted by Crippen LogP contribution is -2.03. The van der Waals surface area contributed by atoms with E-state index in [9.17, 15) is 4.79 Å². The predicted molar refractivity (Wildman–Crippen MR) is 145 cm³/mol. The number of hydrogen-bond donors (Lipinski definition) is 0. The van der Waals surface area contributed by atoms with Crippen molar-refractivity contribution < 1.29 is 33.2 Å². The Morgan fingerprint density at radius 3 is 1.70 bits per heavy atom. The molecule has 0 N–H and O–H groups in total. The fourth-order valence-electron chi connectivity index (χ4n) is 3.69. The summed E-state index contributed by atoms with van der Waals surface area (Å²) in [6.45, 7) is 0.